The zero-order valence-corrected chi connectivity index (χ0v) is 15.8. The fraction of sp³-hybridized carbons (Fsp3) is 0.211. The quantitative estimate of drug-likeness (QED) is 0.663. The summed E-state index contributed by atoms with van der Waals surface area (Å²) < 4.78 is 26.6. The number of benzene rings is 2. The maximum absolute atomic E-state index is 14.0. The molecule has 4 rings (SSSR count). The Kier molecular flexibility index (Phi) is 5.16. The molecule has 1 amide bonds. The number of hydrogen-bond donors (Lipinski definition) is 1. The van der Waals surface area contributed by atoms with Crippen LogP contribution < -0.4 is 14.8 Å². The van der Waals surface area contributed by atoms with Gasteiger partial charge >= 0.3 is 0 Å². The van der Waals surface area contributed by atoms with Gasteiger partial charge in [-0.05, 0) is 24.3 Å². The van der Waals surface area contributed by atoms with Crippen LogP contribution in [0.1, 0.15) is 0 Å². The molecule has 1 aliphatic rings. The van der Waals surface area contributed by atoms with Gasteiger partial charge in [0.05, 0.1) is 11.3 Å². The number of carbonyl (C=O) groups excluding carboxylic acids is 1. The number of amides is 1. The van der Waals surface area contributed by atoms with E-state index in [1.165, 1.54) is 17.8 Å². The molecule has 0 saturated carbocycles. The van der Waals surface area contributed by atoms with Crippen LogP contribution in [-0.2, 0) is 11.8 Å². The maximum atomic E-state index is 14.0. The van der Waals surface area contributed by atoms with Crippen molar-refractivity contribution in [1.29, 1.82) is 0 Å². The lowest BCUT2D eigenvalue weighted by molar-refractivity contribution is -0.113. The van der Waals surface area contributed by atoms with E-state index in [9.17, 15) is 9.18 Å². The van der Waals surface area contributed by atoms with Crippen LogP contribution in [0.2, 0.25) is 0 Å². The van der Waals surface area contributed by atoms with Gasteiger partial charge in [-0.25, -0.2) is 4.39 Å². The molecular formula is C19H17FN4O3S. The summed E-state index contributed by atoms with van der Waals surface area (Å²) in [4.78, 5) is 12.3. The van der Waals surface area contributed by atoms with Crippen LogP contribution in [-0.4, -0.2) is 39.6 Å². The van der Waals surface area contributed by atoms with E-state index in [0.29, 0.717) is 46.9 Å². The highest BCUT2D eigenvalue weighted by atomic mass is 32.2. The molecule has 1 aromatic heterocycles. The molecule has 2 heterocycles. The fourth-order valence-electron chi connectivity index (χ4n) is 2.77. The first kappa shape index (κ1) is 18.3. The number of nitrogens with one attached hydrogen (secondary N) is 1. The molecule has 28 heavy (non-hydrogen) atoms. The van der Waals surface area contributed by atoms with Crippen molar-refractivity contribution in [2.75, 3.05) is 24.3 Å². The zero-order chi connectivity index (χ0) is 19.5. The highest BCUT2D eigenvalue weighted by Gasteiger charge is 2.16. The number of anilines is 1. The largest absolute Gasteiger partial charge is 0.486 e. The zero-order valence-electron chi connectivity index (χ0n) is 15.0. The summed E-state index contributed by atoms with van der Waals surface area (Å²) in [6.07, 6.45) is 0. The number of rotatable bonds is 5. The van der Waals surface area contributed by atoms with E-state index in [2.05, 4.69) is 15.5 Å². The Hall–Kier alpha value is -3.07. The van der Waals surface area contributed by atoms with Crippen molar-refractivity contribution in [3.63, 3.8) is 0 Å². The van der Waals surface area contributed by atoms with E-state index in [1.807, 2.05) is 0 Å². The maximum Gasteiger partial charge on any atom is 0.234 e. The van der Waals surface area contributed by atoms with Crippen molar-refractivity contribution < 1.29 is 18.7 Å². The number of hydrogen-bond acceptors (Lipinski definition) is 6. The third-order valence-corrected chi connectivity index (χ3v) is 5.13. The highest BCUT2D eigenvalue weighted by molar-refractivity contribution is 7.99. The van der Waals surface area contributed by atoms with Crippen LogP contribution >= 0.6 is 11.8 Å². The second kappa shape index (κ2) is 7.89. The number of carbonyl (C=O) groups is 1. The molecular weight excluding hydrogens is 383 g/mol. The molecule has 0 aliphatic carbocycles. The first-order chi connectivity index (χ1) is 13.6. The molecule has 3 aromatic rings. The van der Waals surface area contributed by atoms with Gasteiger partial charge in [-0.1, -0.05) is 23.9 Å². The Morgan fingerprint density at radius 1 is 1.18 bits per heavy atom. The number of thioether (sulfide) groups is 1. The van der Waals surface area contributed by atoms with Gasteiger partial charge in [-0.15, -0.1) is 10.2 Å². The molecule has 7 nitrogen and oxygen atoms in total. The molecule has 0 atom stereocenters. The van der Waals surface area contributed by atoms with Crippen molar-refractivity contribution in [3.05, 3.63) is 48.3 Å². The molecule has 0 unspecified atom stereocenters. The summed E-state index contributed by atoms with van der Waals surface area (Å²) in [5, 5.41) is 11.4. The van der Waals surface area contributed by atoms with Crippen LogP contribution in [0.15, 0.2) is 47.6 Å². The molecule has 0 saturated heterocycles. The smallest absolute Gasteiger partial charge is 0.234 e. The van der Waals surface area contributed by atoms with Gasteiger partial charge in [0.15, 0.2) is 22.5 Å². The Labute approximate surface area is 164 Å². The topological polar surface area (TPSA) is 78.3 Å². The summed E-state index contributed by atoms with van der Waals surface area (Å²) in [5.41, 5.74) is 0.991. The summed E-state index contributed by atoms with van der Waals surface area (Å²) in [6.45, 7) is 0.999. The van der Waals surface area contributed by atoms with Crippen molar-refractivity contribution >= 4 is 23.4 Å². The molecule has 0 spiro atoms. The highest BCUT2D eigenvalue weighted by Crippen LogP contribution is 2.32. The third-order valence-electron chi connectivity index (χ3n) is 4.11. The molecule has 0 radical (unpaired) electrons. The van der Waals surface area contributed by atoms with E-state index in [1.54, 1.807) is 48.0 Å². The number of aromatic nitrogens is 3. The fourth-order valence-corrected chi connectivity index (χ4v) is 3.48. The summed E-state index contributed by atoms with van der Waals surface area (Å²) in [5.74, 6) is 1.26. The van der Waals surface area contributed by atoms with Crippen LogP contribution in [0, 0.1) is 5.82 Å². The van der Waals surface area contributed by atoms with Gasteiger partial charge in [0, 0.05) is 18.8 Å². The van der Waals surface area contributed by atoms with Gasteiger partial charge in [0.1, 0.15) is 19.0 Å². The number of fused-ring (bicyclic) bond motifs is 1. The van der Waals surface area contributed by atoms with E-state index < -0.39 is 0 Å². The normalized spacial score (nSPS) is 12.6. The average molecular weight is 400 g/mol. The Morgan fingerprint density at radius 2 is 1.96 bits per heavy atom. The lowest BCUT2D eigenvalue weighted by Gasteiger charge is -2.18. The second-order valence-electron chi connectivity index (χ2n) is 6.04. The van der Waals surface area contributed by atoms with Crippen LogP contribution in [0.5, 0.6) is 11.5 Å². The SMILES string of the molecule is Cn1c(SCC(=O)Nc2ccc3c(c2)OCCO3)nnc1-c1ccccc1F. The van der Waals surface area contributed by atoms with Gasteiger partial charge in [-0.3, -0.25) is 4.79 Å². The summed E-state index contributed by atoms with van der Waals surface area (Å²) in [7, 11) is 1.74. The standard InChI is InChI=1S/C19H17FN4O3S/c1-24-18(13-4-2-3-5-14(13)20)22-23-19(24)28-11-17(25)21-12-6-7-15-16(10-12)27-9-8-26-15/h2-7,10H,8-9,11H2,1H3,(H,21,25). The van der Waals surface area contributed by atoms with Crippen molar-refractivity contribution in [3.8, 4) is 22.9 Å². The predicted molar refractivity (Wildman–Crippen MR) is 103 cm³/mol. The molecule has 0 bridgehead atoms. The van der Waals surface area contributed by atoms with E-state index in [0.717, 1.165) is 0 Å². The Morgan fingerprint density at radius 3 is 2.79 bits per heavy atom. The van der Waals surface area contributed by atoms with Gasteiger partial charge in [-0.2, -0.15) is 0 Å². The van der Waals surface area contributed by atoms with E-state index >= 15 is 0 Å². The monoisotopic (exact) mass is 400 g/mol. The lowest BCUT2D eigenvalue weighted by atomic mass is 10.2. The first-order valence-corrected chi connectivity index (χ1v) is 9.57. The lowest BCUT2D eigenvalue weighted by Crippen LogP contribution is -2.17. The second-order valence-corrected chi connectivity index (χ2v) is 6.98. The minimum absolute atomic E-state index is 0.137. The van der Waals surface area contributed by atoms with Gasteiger partial charge < -0.3 is 19.4 Å². The number of halogens is 1. The molecule has 0 fully saturated rings. The van der Waals surface area contributed by atoms with Gasteiger partial charge in [0.25, 0.3) is 0 Å². The van der Waals surface area contributed by atoms with Crippen LogP contribution in [0.3, 0.4) is 0 Å². The van der Waals surface area contributed by atoms with Crippen molar-refractivity contribution in [2.24, 2.45) is 7.05 Å². The predicted octanol–water partition coefficient (Wildman–Crippen LogP) is 3.12. The van der Waals surface area contributed by atoms with Crippen LogP contribution in [0.25, 0.3) is 11.4 Å². The molecule has 2 aromatic carbocycles. The Balaban J connectivity index is 1.40. The number of nitrogens with zero attached hydrogens (tertiary/aromatic N) is 3. The van der Waals surface area contributed by atoms with Crippen LogP contribution in [0.4, 0.5) is 10.1 Å². The minimum Gasteiger partial charge on any atom is -0.486 e. The van der Waals surface area contributed by atoms with Crippen molar-refractivity contribution in [1.82, 2.24) is 14.8 Å². The average Bonchev–Trinajstić information content (AvgIpc) is 3.07. The number of ether oxygens (including phenoxy) is 2. The first-order valence-electron chi connectivity index (χ1n) is 8.58. The molecule has 9 heteroatoms. The van der Waals surface area contributed by atoms with Gasteiger partial charge in [0.2, 0.25) is 5.91 Å². The minimum atomic E-state index is -0.370. The van der Waals surface area contributed by atoms with E-state index in [4.69, 9.17) is 9.47 Å². The summed E-state index contributed by atoms with van der Waals surface area (Å²) in [6, 6.07) is 11.6. The Bertz CT molecular complexity index is 1020. The molecule has 1 N–H and O–H groups in total. The third kappa shape index (κ3) is 3.79. The molecule has 1 aliphatic heterocycles. The van der Waals surface area contributed by atoms with Crippen molar-refractivity contribution in [2.45, 2.75) is 5.16 Å². The van der Waals surface area contributed by atoms with E-state index in [-0.39, 0.29) is 17.5 Å². The summed E-state index contributed by atoms with van der Waals surface area (Å²) >= 11 is 1.22. The molecule has 144 valence electrons.